The second-order valence-electron chi connectivity index (χ2n) is 5.96. The Kier molecular flexibility index (Phi) is 3.23. The summed E-state index contributed by atoms with van der Waals surface area (Å²) in [6.45, 7) is 0. The molecule has 0 unspecified atom stereocenters. The van der Waals surface area contributed by atoms with Crippen molar-refractivity contribution in [2.24, 2.45) is 0 Å². The van der Waals surface area contributed by atoms with E-state index >= 15 is 0 Å². The van der Waals surface area contributed by atoms with Gasteiger partial charge in [-0.2, -0.15) is 5.10 Å². The second-order valence-corrected chi connectivity index (χ2v) is 5.96. The first kappa shape index (κ1) is 13.8. The van der Waals surface area contributed by atoms with E-state index in [4.69, 9.17) is 0 Å². The van der Waals surface area contributed by atoms with Gasteiger partial charge < -0.3 is 5.11 Å². The zero-order valence-electron chi connectivity index (χ0n) is 12.5. The average molecular weight is 304 g/mol. The summed E-state index contributed by atoms with van der Waals surface area (Å²) in [7, 11) is 0. The zero-order chi connectivity index (χ0) is 15.8. The molecule has 0 saturated heterocycles. The Morgan fingerprint density at radius 2 is 1.83 bits per heavy atom. The minimum absolute atomic E-state index is 0.136. The van der Waals surface area contributed by atoms with E-state index in [-0.39, 0.29) is 5.69 Å². The summed E-state index contributed by atoms with van der Waals surface area (Å²) in [6.07, 6.45) is 3.65. The first-order valence-electron chi connectivity index (χ1n) is 7.66. The van der Waals surface area contributed by atoms with E-state index in [1.54, 1.807) is 6.20 Å². The number of H-pyrrole nitrogens is 1. The average Bonchev–Trinajstić information content (AvgIpc) is 3.21. The molecular formula is C19H16N2O2. The molecule has 2 N–H and O–H groups in total. The molecule has 114 valence electrons. The molecule has 23 heavy (non-hydrogen) atoms. The van der Waals surface area contributed by atoms with Gasteiger partial charge in [0.15, 0.2) is 5.69 Å². The standard InChI is InChI=1S/C19H16N2O2/c22-19(23)18-17(11-20-21-18)15-7-3-6-14(8-15)16-9-12-4-1-2-5-13(12)10-16/h1-8,11,16H,9-10H2,(H,20,21)(H,22,23). The number of nitrogens with zero attached hydrogens (tertiary/aromatic N) is 1. The number of carbonyl (C=O) groups is 1. The van der Waals surface area contributed by atoms with Crippen LogP contribution in [0, 0.1) is 0 Å². The predicted molar refractivity (Wildman–Crippen MR) is 87.6 cm³/mol. The number of carboxylic acids is 1. The highest BCUT2D eigenvalue weighted by Crippen LogP contribution is 2.35. The topological polar surface area (TPSA) is 66.0 Å². The molecule has 1 aliphatic carbocycles. The molecule has 4 nitrogen and oxygen atoms in total. The molecule has 0 spiro atoms. The van der Waals surface area contributed by atoms with Crippen LogP contribution >= 0.6 is 0 Å². The molecule has 4 rings (SSSR count). The van der Waals surface area contributed by atoms with E-state index in [9.17, 15) is 9.90 Å². The maximum Gasteiger partial charge on any atom is 0.354 e. The Labute approximate surface area is 133 Å². The van der Waals surface area contributed by atoms with Crippen molar-refractivity contribution in [3.8, 4) is 11.1 Å². The zero-order valence-corrected chi connectivity index (χ0v) is 12.5. The van der Waals surface area contributed by atoms with Crippen LogP contribution in [0.2, 0.25) is 0 Å². The lowest BCUT2D eigenvalue weighted by molar-refractivity contribution is 0.0691. The van der Waals surface area contributed by atoms with Crippen LogP contribution in [0.15, 0.2) is 54.7 Å². The fourth-order valence-electron chi connectivity index (χ4n) is 3.42. The number of nitrogens with one attached hydrogen (secondary N) is 1. The summed E-state index contributed by atoms with van der Waals surface area (Å²) in [6, 6.07) is 16.7. The summed E-state index contributed by atoms with van der Waals surface area (Å²) in [5.41, 5.74) is 5.74. The van der Waals surface area contributed by atoms with Crippen molar-refractivity contribution in [3.63, 3.8) is 0 Å². The van der Waals surface area contributed by atoms with Gasteiger partial charge in [-0.1, -0.05) is 48.5 Å². The fourth-order valence-corrected chi connectivity index (χ4v) is 3.42. The van der Waals surface area contributed by atoms with E-state index < -0.39 is 5.97 Å². The van der Waals surface area contributed by atoms with Gasteiger partial charge in [-0.3, -0.25) is 5.10 Å². The summed E-state index contributed by atoms with van der Waals surface area (Å²) in [5, 5.41) is 15.7. The second kappa shape index (κ2) is 5.39. The summed E-state index contributed by atoms with van der Waals surface area (Å²) >= 11 is 0. The van der Waals surface area contributed by atoms with E-state index in [0.29, 0.717) is 11.5 Å². The first-order chi connectivity index (χ1) is 11.2. The highest BCUT2D eigenvalue weighted by atomic mass is 16.4. The van der Waals surface area contributed by atoms with Crippen LogP contribution in [0.5, 0.6) is 0 Å². The highest BCUT2D eigenvalue weighted by molar-refractivity contribution is 5.93. The SMILES string of the molecule is O=C(O)c1[nH]ncc1-c1cccc(C2Cc3ccccc3C2)c1. The van der Waals surface area contributed by atoms with Crippen LogP contribution in [-0.2, 0) is 12.8 Å². The number of aromatic amines is 1. The molecule has 4 heteroatoms. The van der Waals surface area contributed by atoms with Crippen LogP contribution in [0.3, 0.4) is 0 Å². The molecule has 0 atom stereocenters. The Morgan fingerprint density at radius 1 is 1.09 bits per heavy atom. The number of benzene rings is 2. The normalized spacial score (nSPS) is 13.9. The van der Waals surface area contributed by atoms with Gasteiger partial charge in [0.05, 0.1) is 6.20 Å². The van der Waals surface area contributed by atoms with Crippen LogP contribution in [0.25, 0.3) is 11.1 Å². The van der Waals surface area contributed by atoms with Gasteiger partial charge in [0.2, 0.25) is 0 Å². The Balaban J connectivity index is 1.68. The number of fused-ring (bicyclic) bond motifs is 1. The molecule has 0 amide bonds. The van der Waals surface area contributed by atoms with Crippen molar-refractivity contribution in [2.45, 2.75) is 18.8 Å². The lowest BCUT2D eigenvalue weighted by atomic mass is 9.93. The fraction of sp³-hybridized carbons (Fsp3) is 0.158. The quantitative estimate of drug-likeness (QED) is 0.776. The van der Waals surface area contributed by atoms with E-state index in [0.717, 1.165) is 18.4 Å². The van der Waals surface area contributed by atoms with Crippen molar-refractivity contribution in [1.29, 1.82) is 0 Å². The molecule has 2 aromatic carbocycles. The molecule has 0 bridgehead atoms. The predicted octanol–water partition coefficient (Wildman–Crippen LogP) is 3.66. The Morgan fingerprint density at radius 3 is 2.52 bits per heavy atom. The van der Waals surface area contributed by atoms with Gasteiger partial charge in [0.1, 0.15) is 0 Å². The van der Waals surface area contributed by atoms with Gasteiger partial charge >= 0.3 is 5.97 Å². The van der Waals surface area contributed by atoms with E-state index in [2.05, 4.69) is 46.6 Å². The van der Waals surface area contributed by atoms with Gasteiger partial charge in [0.25, 0.3) is 0 Å². The monoisotopic (exact) mass is 304 g/mol. The minimum Gasteiger partial charge on any atom is -0.477 e. The molecule has 0 radical (unpaired) electrons. The van der Waals surface area contributed by atoms with Crippen LogP contribution in [0.4, 0.5) is 0 Å². The third-order valence-corrected chi connectivity index (χ3v) is 4.57. The maximum atomic E-state index is 11.3. The smallest absolute Gasteiger partial charge is 0.354 e. The molecule has 1 aliphatic rings. The molecular weight excluding hydrogens is 288 g/mol. The summed E-state index contributed by atoms with van der Waals surface area (Å²) in [5.74, 6) is -0.538. The molecule has 1 heterocycles. The molecule has 0 aliphatic heterocycles. The number of hydrogen-bond acceptors (Lipinski definition) is 2. The lowest BCUT2D eigenvalue weighted by Gasteiger charge is -2.11. The van der Waals surface area contributed by atoms with Crippen molar-refractivity contribution in [2.75, 3.05) is 0 Å². The van der Waals surface area contributed by atoms with Crippen LogP contribution in [0.1, 0.15) is 33.1 Å². The number of aromatic carboxylic acids is 1. The molecule has 0 fully saturated rings. The molecule has 0 saturated carbocycles. The Hall–Kier alpha value is -2.88. The van der Waals surface area contributed by atoms with Crippen molar-refractivity contribution in [1.82, 2.24) is 10.2 Å². The highest BCUT2D eigenvalue weighted by Gasteiger charge is 2.23. The van der Waals surface area contributed by atoms with Gasteiger partial charge in [-0.05, 0) is 41.0 Å². The van der Waals surface area contributed by atoms with Crippen molar-refractivity contribution < 1.29 is 9.90 Å². The third kappa shape index (κ3) is 2.42. The number of aromatic nitrogens is 2. The molecule has 3 aromatic rings. The lowest BCUT2D eigenvalue weighted by Crippen LogP contribution is -2.00. The number of rotatable bonds is 3. The number of carboxylic acid groups (broad SMARTS) is 1. The van der Waals surface area contributed by atoms with Gasteiger partial charge in [-0.25, -0.2) is 4.79 Å². The molecule has 1 aromatic heterocycles. The van der Waals surface area contributed by atoms with Gasteiger partial charge in [0, 0.05) is 5.56 Å². The van der Waals surface area contributed by atoms with Crippen molar-refractivity contribution in [3.05, 3.63) is 77.1 Å². The van der Waals surface area contributed by atoms with Crippen molar-refractivity contribution >= 4 is 5.97 Å². The van der Waals surface area contributed by atoms with Gasteiger partial charge in [-0.15, -0.1) is 0 Å². The van der Waals surface area contributed by atoms with Crippen LogP contribution < -0.4 is 0 Å². The first-order valence-corrected chi connectivity index (χ1v) is 7.66. The third-order valence-electron chi connectivity index (χ3n) is 4.57. The van der Waals surface area contributed by atoms with Crippen LogP contribution in [-0.4, -0.2) is 21.3 Å². The number of hydrogen-bond donors (Lipinski definition) is 2. The van der Waals surface area contributed by atoms with E-state index in [1.807, 2.05) is 12.1 Å². The maximum absolute atomic E-state index is 11.3. The summed E-state index contributed by atoms with van der Waals surface area (Å²) in [4.78, 5) is 11.3. The van der Waals surface area contributed by atoms with E-state index in [1.165, 1.54) is 16.7 Å². The summed E-state index contributed by atoms with van der Waals surface area (Å²) < 4.78 is 0. The minimum atomic E-state index is -0.990. The Bertz CT molecular complexity index is 857. The largest absolute Gasteiger partial charge is 0.477 e.